The third-order valence-corrected chi connectivity index (χ3v) is 4.38. The van der Waals surface area contributed by atoms with Crippen molar-refractivity contribution in [3.8, 4) is 0 Å². The Balaban J connectivity index is 1.74. The molecule has 0 amide bonds. The van der Waals surface area contributed by atoms with Crippen molar-refractivity contribution < 1.29 is 17.9 Å². The second-order valence-corrected chi connectivity index (χ2v) is 5.68. The minimum absolute atomic E-state index is 0.0609. The van der Waals surface area contributed by atoms with Crippen LogP contribution in [0, 0.1) is 0 Å². The molecule has 0 aromatic heterocycles. The van der Waals surface area contributed by atoms with Crippen molar-refractivity contribution in [3.05, 3.63) is 0 Å². The summed E-state index contributed by atoms with van der Waals surface area (Å²) in [6.45, 7) is 1.73. The zero-order valence-corrected chi connectivity index (χ0v) is 10.9. The van der Waals surface area contributed by atoms with Crippen LogP contribution in [0.4, 0.5) is 13.2 Å². The standard InChI is InChI=1S/C11H17F3N2OS/c12-11(13,14)2-1-5-15-9-16-10(8-18-9)3-6-17-7-4-10/h1-8H2,(H,15,16). The van der Waals surface area contributed by atoms with Crippen LogP contribution < -0.4 is 5.32 Å². The highest BCUT2D eigenvalue weighted by molar-refractivity contribution is 8.14. The lowest BCUT2D eigenvalue weighted by Gasteiger charge is -2.32. The molecular formula is C11H17F3N2OS. The van der Waals surface area contributed by atoms with Crippen LogP contribution in [-0.2, 0) is 4.74 Å². The van der Waals surface area contributed by atoms with E-state index in [1.54, 1.807) is 11.8 Å². The predicted octanol–water partition coefficient (Wildman–Crippen LogP) is 2.57. The Morgan fingerprint density at radius 2 is 2.06 bits per heavy atom. The highest BCUT2D eigenvalue weighted by Gasteiger charge is 2.38. The number of hydrogen-bond donors (Lipinski definition) is 1. The van der Waals surface area contributed by atoms with Gasteiger partial charge >= 0.3 is 6.18 Å². The Morgan fingerprint density at radius 3 is 2.72 bits per heavy atom. The molecule has 0 aromatic rings. The molecule has 1 N–H and O–H groups in total. The average molecular weight is 282 g/mol. The summed E-state index contributed by atoms with van der Waals surface area (Å²) >= 11 is 1.61. The molecule has 0 bridgehead atoms. The van der Waals surface area contributed by atoms with E-state index >= 15 is 0 Å². The van der Waals surface area contributed by atoms with Gasteiger partial charge in [-0.15, -0.1) is 0 Å². The Kier molecular flexibility index (Phi) is 4.42. The van der Waals surface area contributed by atoms with Gasteiger partial charge in [-0.3, -0.25) is 4.99 Å². The fourth-order valence-electron chi connectivity index (χ4n) is 2.08. The number of thioether (sulfide) groups is 1. The third-order valence-electron chi connectivity index (χ3n) is 3.18. The molecule has 1 spiro atoms. The largest absolute Gasteiger partial charge is 0.389 e. The maximum absolute atomic E-state index is 12.0. The molecule has 3 nitrogen and oxygen atoms in total. The molecule has 0 unspecified atom stereocenters. The molecule has 0 saturated carbocycles. The summed E-state index contributed by atoms with van der Waals surface area (Å²) in [6.07, 6.45) is -2.87. The summed E-state index contributed by atoms with van der Waals surface area (Å²) in [5, 5.41) is 4.15. The predicted molar refractivity (Wildman–Crippen MR) is 66.0 cm³/mol. The first kappa shape index (κ1) is 14.0. The number of aliphatic imine (C=N–C) groups is 1. The summed E-state index contributed by atoms with van der Waals surface area (Å²) in [6, 6.07) is 0. The smallest absolute Gasteiger partial charge is 0.381 e. The van der Waals surface area contributed by atoms with Gasteiger partial charge in [0, 0.05) is 31.9 Å². The number of halogens is 3. The number of ether oxygens (including phenoxy) is 1. The van der Waals surface area contributed by atoms with Crippen LogP contribution in [0.3, 0.4) is 0 Å². The number of alkyl halides is 3. The van der Waals surface area contributed by atoms with Gasteiger partial charge in [-0.25, -0.2) is 0 Å². The lowest BCUT2D eigenvalue weighted by atomic mass is 9.93. The van der Waals surface area contributed by atoms with E-state index in [0.717, 1.165) is 37.0 Å². The van der Waals surface area contributed by atoms with Crippen molar-refractivity contribution in [2.45, 2.75) is 37.4 Å². The van der Waals surface area contributed by atoms with Gasteiger partial charge in [-0.2, -0.15) is 13.2 Å². The molecule has 2 fully saturated rings. The van der Waals surface area contributed by atoms with Gasteiger partial charge in [0.1, 0.15) is 0 Å². The molecule has 104 valence electrons. The molecule has 2 saturated heterocycles. The molecule has 2 heterocycles. The van der Waals surface area contributed by atoms with E-state index in [4.69, 9.17) is 4.74 Å². The molecule has 7 heteroatoms. The molecule has 0 aromatic carbocycles. The molecule has 0 aliphatic carbocycles. The van der Waals surface area contributed by atoms with Crippen molar-refractivity contribution >= 4 is 16.9 Å². The molecule has 2 rings (SSSR count). The molecule has 2 aliphatic heterocycles. The maximum atomic E-state index is 12.0. The summed E-state index contributed by atoms with van der Waals surface area (Å²) in [5.41, 5.74) is 0.0613. The van der Waals surface area contributed by atoms with E-state index in [2.05, 4.69) is 10.3 Å². The Labute approximate surface area is 109 Å². The van der Waals surface area contributed by atoms with Gasteiger partial charge in [0.15, 0.2) is 5.17 Å². The number of nitrogens with zero attached hydrogens (tertiary/aromatic N) is 1. The number of amidine groups is 1. The molecular weight excluding hydrogens is 265 g/mol. The molecule has 0 radical (unpaired) electrons. The van der Waals surface area contributed by atoms with E-state index < -0.39 is 12.6 Å². The van der Waals surface area contributed by atoms with E-state index in [0.29, 0.717) is 0 Å². The molecule has 2 aliphatic rings. The Bertz CT molecular complexity index is 314. The minimum Gasteiger partial charge on any atom is -0.381 e. The van der Waals surface area contributed by atoms with Crippen LogP contribution in [0.1, 0.15) is 25.7 Å². The quantitative estimate of drug-likeness (QED) is 0.808. The van der Waals surface area contributed by atoms with Crippen LogP contribution in [0.25, 0.3) is 0 Å². The lowest BCUT2D eigenvalue weighted by molar-refractivity contribution is -0.134. The zero-order chi connectivity index (χ0) is 13.1. The Morgan fingerprint density at radius 1 is 1.33 bits per heavy atom. The first-order valence-electron chi connectivity index (χ1n) is 6.09. The van der Waals surface area contributed by atoms with Gasteiger partial charge in [0.2, 0.25) is 0 Å². The average Bonchev–Trinajstić information content (AvgIpc) is 2.68. The van der Waals surface area contributed by atoms with Gasteiger partial charge in [0.05, 0.1) is 5.54 Å². The van der Waals surface area contributed by atoms with Gasteiger partial charge in [-0.05, 0) is 19.3 Å². The Hall–Kier alpha value is -0.430. The maximum Gasteiger partial charge on any atom is 0.389 e. The van der Waals surface area contributed by atoms with E-state index in [9.17, 15) is 13.2 Å². The first-order chi connectivity index (χ1) is 8.49. The summed E-state index contributed by atoms with van der Waals surface area (Å²) < 4.78 is 41.2. The van der Waals surface area contributed by atoms with Crippen LogP contribution in [0.15, 0.2) is 4.99 Å². The fourth-order valence-corrected chi connectivity index (χ4v) is 3.33. The van der Waals surface area contributed by atoms with Crippen molar-refractivity contribution in [1.82, 2.24) is 5.32 Å². The third kappa shape index (κ3) is 4.05. The lowest BCUT2D eigenvalue weighted by Crippen LogP contribution is -2.48. The number of hydrogen-bond acceptors (Lipinski definition) is 3. The van der Waals surface area contributed by atoms with E-state index in [1.165, 1.54) is 0 Å². The van der Waals surface area contributed by atoms with Crippen molar-refractivity contribution in [1.29, 1.82) is 0 Å². The van der Waals surface area contributed by atoms with Crippen LogP contribution in [0.5, 0.6) is 0 Å². The van der Waals surface area contributed by atoms with Crippen LogP contribution in [-0.4, -0.2) is 42.4 Å². The second-order valence-electron chi connectivity index (χ2n) is 4.71. The topological polar surface area (TPSA) is 33.6 Å². The fraction of sp³-hybridized carbons (Fsp3) is 0.909. The highest BCUT2D eigenvalue weighted by atomic mass is 32.2. The van der Waals surface area contributed by atoms with Crippen LogP contribution >= 0.6 is 11.8 Å². The van der Waals surface area contributed by atoms with Gasteiger partial charge in [0.25, 0.3) is 0 Å². The van der Waals surface area contributed by atoms with Crippen molar-refractivity contribution in [2.75, 3.05) is 25.5 Å². The van der Waals surface area contributed by atoms with Crippen LogP contribution in [0.2, 0.25) is 0 Å². The summed E-state index contributed by atoms with van der Waals surface area (Å²) in [4.78, 5) is 4.20. The minimum atomic E-state index is -4.07. The van der Waals surface area contributed by atoms with E-state index in [1.807, 2.05) is 0 Å². The molecule has 0 atom stereocenters. The summed E-state index contributed by atoms with van der Waals surface area (Å²) in [7, 11) is 0. The number of rotatable bonds is 3. The SMILES string of the molecule is FC(F)(F)CCCN=C1NC2(CCOCC2)CS1. The number of nitrogens with one attached hydrogen (secondary N) is 1. The zero-order valence-electron chi connectivity index (χ0n) is 10.1. The van der Waals surface area contributed by atoms with E-state index in [-0.39, 0.29) is 18.5 Å². The summed E-state index contributed by atoms with van der Waals surface area (Å²) in [5.74, 6) is 0.939. The second kappa shape index (κ2) is 5.69. The van der Waals surface area contributed by atoms with Gasteiger partial charge in [-0.1, -0.05) is 11.8 Å². The normalized spacial score (nSPS) is 25.6. The van der Waals surface area contributed by atoms with Crippen molar-refractivity contribution in [2.24, 2.45) is 4.99 Å². The van der Waals surface area contributed by atoms with Crippen molar-refractivity contribution in [3.63, 3.8) is 0 Å². The first-order valence-corrected chi connectivity index (χ1v) is 7.08. The molecule has 18 heavy (non-hydrogen) atoms. The van der Waals surface area contributed by atoms with Gasteiger partial charge < -0.3 is 10.1 Å². The monoisotopic (exact) mass is 282 g/mol. The highest BCUT2D eigenvalue weighted by Crippen LogP contribution is 2.31.